The van der Waals surface area contributed by atoms with Gasteiger partial charge in [-0.15, -0.1) is 0 Å². The molecule has 1 fully saturated rings. The number of hydrogen-bond acceptors (Lipinski definition) is 9. The predicted octanol–water partition coefficient (Wildman–Crippen LogP) is 2.95. The van der Waals surface area contributed by atoms with Crippen LogP contribution in [0.5, 0.6) is 5.88 Å². The van der Waals surface area contributed by atoms with Crippen molar-refractivity contribution in [3.8, 4) is 17.0 Å². The van der Waals surface area contributed by atoms with E-state index in [1.807, 2.05) is 13.0 Å². The van der Waals surface area contributed by atoms with Gasteiger partial charge in [0.2, 0.25) is 21.9 Å². The molecule has 0 amide bonds. The molecule has 1 saturated heterocycles. The fourth-order valence-electron chi connectivity index (χ4n) is 3.87. The van der Waals surface area contributed by atoms with E-state index in [2.05, 4.69) is 15.3 Å². The first-order valence-corrected chi connectivity index (χ1v) is 12.9. The molecule has 188 valence electrons. The number of pyridine rings is 1. The monoisotopic (exact) mass is 501 g/mol. The Labute approximate surface area is 205 Å². The molecule has 1 unspecified atom stereocenters. The van der Waals surface area contributed by atoms with Gasteiger partial charge in [0.25, 0.3) is 0 Å². The molecule has 0 saturated carbocycles. The maximum absolute atomic E-state index is 12.7. The first-order chi connectivity index (χ1) is 16.8. The Bertz CT molecular complexity index is 1280. The van der Waals surface area contributed by atoms with Crippen LogP contribution >= 0.6 is 0 Å². The van der Waals surface area contributed by atoms with E-state index >= 15 is 0 Å². The van der Waals surface area contributed by atoms with Gasteiger partial charge in [0.1, 0.15) is 6.10 Å². The van der Waals surface area contributed by atoms with Gasteiger partial charge in [-0.3, -0.25) is 0 Å². The van der Waals surface area contributed by atoms with Crippen molar-refractivity contribution in [3.63, 3.8) is 0 Å². The summed E-state index contributed by atoms with van der Waals surface area (Å²) in [6.07, 6.45) is 4.93. The normalized spacial score (nSPS) is 15.9. The zero-order valence-electron chi connectivity index (χ0n) is 20.4. The van der Waals surface area contributed by atoms with E-state index in [0.717, 1.165) is 12.8 Å². The summed E-state index contributed by atoms with van der Waals surface area (Å²) in [5.41, 5.74) is 1.97. The average molecular weight is 502 g/mol. The lowest BCUT2D eigenvalue weighted by Crippen LogP contribution is -2.26. The lowest BCUT2D eigenvalue weighted by molar-refractivity contribution is 0.0244. The summed E-state index contributed by atoms with van der Waals surface area (Å²) in [7, 11) is 1.05. The maximum Gasteiger partial charge on any atom is 0.242 e. The highest BCUT2D eigenvalue weighted by atomic mass is 32.2. The fraction of sp³-hybridized carbons (Fsp3) is 0.458. The van der Waals surface area contributed by atoms with Gasteiger partial charge >= 0.3 is 0 Å². The molecule has 0 bridgehead atoms. The van der Waals surface area contributed by atoms with Crippen LogP contribution in [0, 0.1) is 0 Å². The minimum absolute atomic E-state index is 0.00149. The van der Waals surface area contributed by atoms with Crippen LogP contribution in [-0.4, -0.2) is 80.8 Å². The highest BCUT2D eigenvalue weighted by Gasteiger charge is 2.22. The molecule has 0 aliphatic carbocycles. The van der Waals surface area contributed by atoms with Crippen molar-refractivity contribution in [2.24, 2.45) is 0 Å². The number of ether oxygens (including phenoxy) is 3. The van der Waals surface area contributed by atoms with Crippen molar-refractivity contribution in [2.45, 2.75) is 36.8 Å². The molecule has 3 aromatic rings. The van der Waals surface area contributed by atoms with Crippen LogP contribution in [-0.2, 0) is 19.5 Å². The summed E-state index contributed by atoms with van der Waals surface area (Å²) in [5, 5.41) is 3.89. The number of nitrogens with one attached hydrogen (secondary N) is 1. The number of sulfonamides is 1. The van der Waals surface area contributed by atoms with E-state index in [-0.39, 0.29) is 17.0 Å². The van der Waals surface area contributed by atoms with Crippen LogP contribution in [0.1, 0.15) is 19.8 Å². The minimum atomic E-state index is -3.60. The van der Waals surface area contributed by atoms with Crippen LogP contribution in [0.3, 0.4) is 0 Å². The summed E-state index contributed by atoms with van der Waals surface area (Å²) >= 11 is 0. The number of aromatic nitrogens is 3. The van der Waals surface area contributed by atoms with E-state index < -0.39 is 10.0 Å². The van der Waals surface area contributed by atoms with Gasteiger partial charge in [-0.05, 0) is 24.6 Å². The molecule has 0 radical (unpaired) electrons. The number of fused-ring (bicyclic) bond motifs is 1. The SMILES string of the molecule is COCC(C)Nc1ncc2c(OC3CCOCC3)ncc(-c3cccc(S(=O)(=O)N(C)C)c3)c2n1. The van der Waals surface area contributed by atoms with E-state index in [4.69, 9.17) is 19.2 Å². The number of benzene rings is 1. The molecule has 3 heterocycles. The Morgan fingerprint density at radius 2 is 1.97 bits per heavy atom. The van der Waals surface area contributed by atoms with Gasteiger partial charge in [0.05, 0.1) is 35.6 Å². The number of methoxy groups -OCH3 is 1. The molecular formula is C24H31N5O5S. The van der Waals surface area contributed by atoms with E-state index in [9.17, 15) is 8.42 Å². The molecule has 1 aromatic carbocycles. The molecule has 1 aliphatic rings. The van der Waals surface area contributed by atoms with Crippen LogP contribution in [0.4, 0.5) is 5.95 Å². The molecule has 2 aromatic heterocycles. The zero-order chi connectivity index (χ0) is 25.0. The number of anilines is 1. The highest BCUT2D eigenvalue weighted by Crippen LogP contribution is 2.34. The largest absolute Gasteiger partial charge is 0.474 e. The molecule has 35 heavy (non-hydrogen) atoms. The summed E-state index contributed by atoms with van der Waals surface area (Å²) in [5.74, 6) is 0.882. The van der Waals surface area contributed by atoms with Gasteiger partial charge < -0.3 is 19.5 Å². The Balaban J connectivity index is 1.81. The van der Waals surface area contributed by atoms with Crippen LogP contribution in [0.2, 0.25) is 0 Å². The van der Waals surface area contributed by atoms with Crippen molar-refractivity contribution in [2.75, 3.05) is 46.3 Å². The third kappa shape index (κ3) is 5.69. The second-order valence-corrected chi connectivity index (χ2v) is 10.8. The maximum atomic E-state index is 12.7. The predicted molar refractivity (Wildman–Crippen MR) is 133 cm³/mol. The molecule has 11 heteroatoms. The average Bonchev–Trinajstić information content (AvgIpc) is 2.85. The Kier molecular flexibility index (Phi) is 7.80. The summed E-state index contributed by atoms with van der Waals surface area (Å²) < 4.78 is 43.5. The van der Waals surface area contributed by atoms with Crippen LogP contribution < -0.4 is 10.1 Å². The molecule has 4 rings (SSSR count). The topological polar surface area (TPSA) is 116 Å². The van der Waals surface area contributed by atoms with Crippen molar-refractivity contribution >= 4 is 26.9 Å². The van der Waals surface area contributed by atoms with Crippen molar-refractivity contribution in [1.82, 2.24) is 19.3 Å². The molecule has 1 N–H and O–H groups in total. The van der Waals surface area contributed by atoms with Crippen molar-refractivity contribution in [3.05, 3.63) is 36.7 Å². The van der Waals surface area contributed by atoms with E-state index in [0.29, 0.717) is 53.7 Å². The highest BCUT2D eigenvalue weighted by molar-refractivity contribution is 7.89. The zero-order valence-corrected chi connectivity index (χ0v) is 21.2. The lowest BCUT2D eigenvalue weighted by atomic mass is 10.1. The van der Waals surface area contributed by atoms with Gasteiger partial charge in [0, 0.05) is 58.0 Å². The number of nitrogens with zero attached hydrogens (tertiary/aromatic N) is 4. The molecule has 1 atom stereocenters. The number of hydrogen-bond donors (Lipinski definition) is 1. The van der Waals surface area contributed by atoms with Crippen LogP contribution in [0.25, 0.3) is 22.0 Å². The van der Waals surface area contributed by atoms with Gasteiger partial charge in [0.15, 0.2) is 0 Å². The summed E-state index contributed by atoms with van der Waals surface area (Å²) in [6.45, 7) is 3.76. The first-order valence-electron chi connectivity index (χ1n) is 11.5. The Morgan fingerprint density at radius 3 is 2.69 bits per heavy atom. The van der Waals surface area contributed by atoms with E-state index in [1.165, 1.54) is 18.4 Å². The third-order valence-electron chi connectivity index (χ3n) is 5.75. The second kappa shape index (κ2) is 10.8. The standard InChI is InChI=1S/C24H31N5O5S/c1-16(15-32-4)27-24-26-14-21-22(28-24)20(13-25-23(21)34-18-8-10-33-11-9-18)17-6-5-7-19(12-17)35(30,31)29(2)3/h5-7,12-14,16,18H,8-11,15H2,1-4H3,(H,26,27,28). The Hall–Kier alpha value is -2.86. The first kappa shape index (κ1) is 25.2. The smallest absolute Gasteiger partial charge is 0.242 e. The minimum Gasteiger partial charge on any atom is -0.474 e. The molecular weight excluding hydrogens is 470 g/mol. The quantitative estimate of drug-likeness (QED) is 0.472. The molecule has 0 spiro atoms. The van der Waals surface area contributed by atoms with Crippen LogP contribution in [0.15, 0.2) is 41.6 Å². The Morgan fingerprint density at radius 1 is 1.20 bits per heavy atom. The summed E-state index contributed by atoms with van der Waals surface area (Å²) in [6, 6.07) is 6.76. The fourth-order valence-corrected chi connectivity index (χ4v) is 4.82. The van der Waals surface area contributed by atoms with Gasteiger partial charge in [-0.25, -0.2) is 27.7 Å². The second-order valence-electron chi connectivity index (χ2n) is 8.68. The number of rotatable bonds is 9. The van der Waals surface area contributed by atoms with Crippen molar-refractivity contribution < 1.29 is 22.6 Å². The van der Waals surface area contributed by atoms with Gasteiger partial charge in [-0.1, -0.05) is 12.1 Å². The molecule has 1 aliphatic heterocycles. The lowest BCUT2D eigenvalue weighted by Gasteiger charge is -2.23. The van der Waals surface area contributed by atoms with Crippen molar-refractivity contribution in [1.29, 1.82) is 0 Å². The van der Waals surface area contributed by atoms with Gasteiger partial charge in [-0.2, -0.15) is 0 Å². The van der Waals surface area contributed by atoms with E-state index in [1.54, 1.807) is 37.7 Å². The molecule has 10 nitrogen and oxygen atoms in total. The summed E-state index contributed by atoms with van der Waals surface area (Å²) in [4.78, 5) is 14.0. The third-order valence-corrected chi connectivity index (χ3v) is 7.56.